The number of methoxy groups -OCH3 is 1. The molecule has 0 saturated carbocycles. The number of halogens is 3. The van der Waals surface area contributed by atoms with Crippen molar-refractivity contribution in [3.63, 3.8) is 0 Å². The van der Waals surface area contributed by atoms with Gasteiger partial charge in [0.05, 0.1) is 28.9 Å². The topological polar surface area (TPSA) is 92.1 Å². The number of pyridine rings is 1. The van der Waals surface area contributed by atoms with Gasteiger partial charge in [-0.2, -0.15) is 18.4 Å². The SMILES string of the molecule is COc1ccc(NC(=O)CSc2nc(C(F)(F)F)c(C(=O)c3cccs3)cc2C#N)cc1. The smallest absolute Gasteiger partial charge is 0.434 e. The second-order valence-electron chi connectivity index (χ2n) is 6.22. The van der Waals surface area contributed by atoms with E-state index in [2.05, 4.69) is 10.3 Å². The first-order valence-corrected chi connectivity index (χ1v) is 10.8. The third-order valence-corrected chi connectivity index (χ3v) is 5.94. The summed E-state index contributed by atoms with van der Waals surface area (Å²) >= 11 is 1.66. The summed E-state index contributed by atoms with van der Waals surface area (Å²) in [6.07, 6.45) is -4.92. The Morgan fingerprint density at radius 2 is 1.97 bits per heavy atom. The molecule has 0 spiro atoms. The number of alkyl halides is 3. The van der Waals surface area contributed by atoms with Crippen LogP contribution in [-0.4, -0.2) is 29.5 Å². The molecule has 3 rings (SSSR count). The van der Waals surface area contributed by atoms with Crippen LogP contribution < -0.4 is 10.1 Å². The molecule has 1 N–H and O–H groups in total. The van der Waals surface area contributed by atoms with Gasteiger partial charge in [-0.3, -0.25) is 9.59 Å². The summed E-state index contributed by atoms with van der Waals surface area (Å²) in [7, 11) is 1.50. The van der Waals surface area contributed by atoms with E-state index in [1.165, 1.54) is 19.2 Å². The van der Waals surface area contributed by atoms with E-state index in [1.54, 1.807) is 35.7 Å². The number of aromatic nitrogens is 1. The molecule has 0 atom stereocenters. The minimum absolute atomic E-state index is 0.0977. The Hall–Kier alpha value is -3.36. The highest BCUT2D eigenvalue weighted by Crippen LogP contribution is 2.35. The number of nitrogens with zero attached hydrogens (tertiary/aromatic N) is 2. The second-order valence-corrected chi connectivity index (χ2v) is 8.13. The average molecular weight is 477 g/mol. The Balaban J connectivity index is 1.83. The summed E-state index contributed by atoms with van der Waals surface area (Å²) < 4.78 is 45.9. The highest BCUT2D eigenvalue weighted by molar-refractivity contribution is 8.00. The third kappa shape index (κ3) is 5.46. The number of thiophene rings is 1. The zero-order valence-electron chi connectivity index (χ0n) is 16.4. The van der Waals surface area contributed by atoms with Crippen LogP contribution in [-0.2, 0) is 11.0 Å². The number of carbonyl (C=O) groups is 2. The number of ether oxygens (including phenoxy) is 1. The number of rotatable bonds is 7. The minimum Gasteiger partial charge on any atom is -0.497 e. The molecule has 2 aromatic heterocycles. The first-order valence-electron chi connectivity index (χ1n) is 8.90. The van der Waals surface area contributed by atoms with E-state index in [4.69, 9.17) is 4.74 Å². The van der Waals surface area contributed by atoms with Gasteiger partial charge >= 0.3 is 6.18 Å². The van der Waals surface area contributed by atoms with Crippen molar-refractivity contribution in [3.8, 4) is 11.8 Å². The molecule has 2 heterocycles. The molecular formula is C21H14F3N3O3S2. The molecule has 32 heavy (non-hydrogen) atoms. The van der Waals surface area contributed by atoms with Crippen molar-refractivity contribution < 1.29 is 27.5 Å². The molecule has 1 aromatic carbocycles. The summed E-state index contributed by atoms with van der Waals surface area (Å²) in [6, 6.07) is 12.0. The number of ketones is 1. The molecule has 0 unspecified atom stereocenters. The average Bonchev–Trinajstić information content (AvgIpc) is 3.31. The number of hydrogen-bond acceptors (Lipinski definition) is 7. The molecule has 0 aliphatic carbocycles. The summed E-state index contributed by atoms with van der Waals surface area (Å²) in [5.41, 5.74) is -1.85. The third-order valence-electron chi connectivity index (χ3n) is 4.08. The van der Waals surface area contributed by atoms with Crippen molar-refractivity contribution in [2.45, 2.75) is 11.2 Å². The summed E-state index contributed by atoms with van der Waals surface area (Å²) in [5, 5.41) is 13.3. The number of carbonyl (C=O) groups excluding carboxylic acids is 2. The summed E-state index contributed by atoms with van der Waals surface area (Å²) in [6.45, 7) is 0. The maximum absolute atomic E-state index is 13.6. The van der Waals surface area contributed by atoms with Gasteiger partial charge in [0.2, 0.25) is 11.7 Å². The van der Waals surface area contributed by atoms with E-state index in [9.17, 15) is 28.0 Å². The van der Waals surface area contributed by atoms with Crippen LogP contribution in [0.1, 0.15) is 26.5 Å². The number of nitriles is 1. The van der Waals surface area contributed by atoms with Crippen LogP contribution in [0.25, 0.3) is 0 Å². The molecule has 0 bridgehead atoms. The van der Waals surface area contributed by atoms with Crippen LogP contribution in [0.15, 0.2) is 52.9 Å². The van der Waals surface area contributed by atoms with Crippen molar-refractivity contribution in [2.75, 3.05) is 18.2 Å². The quantitative estimate of drug-likeness (QED) is 0.380. The van der Waals surface area contributed by atoms with E-state index in [1.807, 2.05) is 0 Å². The molecule has 0 fully saturated rings. The van der Waals surface area contributed by atoms with E-state index < -0.39 is 29.1 Å². The first-order chi connectivity index (χ1) is 15.2. The molecule has 3 aromatic rings. The zero-order chi connectivity index (χ0) is 23.3. The predicted molar refractivity (Wildman–Crippen MR) is 114 cm³/mol. The van der Waals surface area contributed by atoms with Gasteiger partial charge in [-0.1, -0.05) is 17.8 Å². The van der Waals surface area contributed by atoms with Crippen LogP contribution in [0, 0.1) is 11.3 Å². The maximum atomic E-state index is 13.6. The number of hydrogen-bond donors (Lipinski definition) is 1. The Kier molecular flexibility index (Phi) is 7.17. The van der Waals surface area contributed by atoms with Gasteiger partial charge in [-0.25, -0.2) is 4.98 Å². The van der Waals surface area contributed by atoms with Crippen molar-refractivity contribution in [1.29, 1.82) is 5.26 Å². The van der Waals surface area contributed by atoms with Crippen LogP contribution in [0.4, 0.5) is 18.9 Å². The predicted octanol–water partition coefficient (Wildman–Crippen LogP) is 5.00. The normalized spacial score (nSPS) is 11.0. The molecular weight excluding hydrogens is 463 g/mol. The standard InChI is InChI=1S/C21H14F3N3O3S2/c1-30-14-6-4-13(5-7-14)26-17(28)11-32-20-12(10-25)9-15(19(27-20)21(22,23)24)18(29)16-3-2-8-31-16/h2-9H,11H2,1H3,(H,26,28). The number of benzene rings is 1. The van der Waals surface area contributed by atoms with Crippen LogP contribution in [0.3, 0.4) is 0 Å². The van der Waals surface area contributed by atoms with E-state index >= 15 is 0 Å². The van der Waals surface area contributed by atoms with Crippen LogP contribution in [0.5, 0.6) is 5.75 Å². The Labute approximate surface area is 189 Å². The lowest BCUT2D eigenvalue weighted by atomic mass is 10.1. The fraction of sp³-hybridized carbons (Fsp3) is 0.143. The molecule has 6 nitrogen and oxygen atoms in total. The van der Waals surface area contributed by atoms with Crippen molar-refractivity contribution in [1.82, 2.24) is 4.98 Å². The lowest BCUT2D eigenvalue weighted by Gasteiger charge is -2.13. The largest absolute Gasteiger partial charge is 0.497 e. The number of amides is 1. The van der Waals surface area contributed by atoms with Crippen molar-refractivity contribution in [3.05, 3.63) is 69.5 Å². The highest BCUT2D eigenvalue weighted by Gasteiger charge is 2.38. The summed E-state index contributed by atoms with van der Waals surface area (Å²) in [5.74, 6) is -1.07. The molecule has 1 amide bonds. The first kappa shape index (κ1) is 23.3. The van der Waals surface area contributed by atoms with Gasteiger partial charge in [0.1, 0.15) is 16.8 Å². The monoisotopic (exact) mass is 477 g/mol. The highest BCUT2D eigenvalue weighted by atomic mass is 32.2. The molecule has 0 radical (unpaired) electrons. The van der Waals surface area contributed by atoms with Crippen LogP contribution >= 0.6 is 23.1 Å². The number of nitrogens with one attached hydrogen (secondary N) is 1. The van der Waals surface area contributed by atoms with Gasteiger partial charge in [0.25, 0.3) is 0 Å². The molecule has 0 saturated heterocycles. The van der Waals surface area contributed by atoms with Gasteiger partial charge < -0.3 is 10.1 Å². The zero-order valence-corrected chi connectivity index (χ0v) is 18.0. The Bertz CT molecular complexity index is 1170. The molecule has 164 valence electrons. The van der Waals surface area contributed by atoms with Gasteiger partial charge in [0, 0.05) is 5.69 Å². The number of thioether (sulfide) groups is 1. The second kappa shape index (κ2) is 9.84. The number of anilines is 1. The fourth-order valence-corrected chi connectivity index (χ4v) is 4.06. The van der Waals surface area contributed by atoms with E-state index in [0.29, 0.717) is 23.2 Å². The Morgan fingerprint density at radius 3 is 2.53 bits per heavy atom. The van der Waals surface area contributed by atoms with Gasteiger partial charge in [-0.05, 0) is 41.8 Å². The van der Waals surface area contributed by atoms with Crippen molar-refractivity contribution in [2.24, 2.45) is 0 Å². The molecule has 0 aliphatic heterocycles. The van der Waals surface area contributed by atoms with Crippen LogP contribution in [0.2, 0.25) is 0 Å². The lowest BCUT2D eigenvalue weighted by Crippen LogP contribution is -2.18. The van der Waals surface area contributed by atoms with Crippen molar-refractivity contribution >= 4 is 40.5 Å². The molecule has 11 heteroatoms. The van der Waals surface area contributed by atoms with Gasteiger partial charge in [-0.15, -0.1) is 11.3 Å². The fourth-order valence-electron chi connectivity index (χ4n) is 2.62. The van der Waals surface area contributed by atoms with E-state index in [-0.39, 0.29) is 21.2 Å². The van der Waals surface area contributed by atoms with Gasteiger partial charge in [0.15, 0.2) is 5.69 Å². The minimum atomic E-state index is -4.92. The lowest BCUT2D eigenvalue weighted by molar-refractivity contribution is -0.141. The molecule has 0 aliphatic rings. The maximum Gasteiger partial charge on any atom is 0.434 e. The van der Waals surface area contributed by atoms with E-state index in [0.717, 1.165) is 17.4 Å². The Morgan fingerprint density at radius 1 is 1.25 bits per heavy atom. The summed E-state index contributed by atoms with van der Waals surface area (Å²) in [4.78, 5) is 28.4.